The van der Waals surface area contributed by atoms with E-state index in [2.05, 4.69) is 11.4 Å². The number of alkyl halides is 2. The normalized spacial score (nSPS) is 28.8. The van der Waals surface area contributed by atoms with Crippen molar-refractivity contribution in [3.05, 3.63) is 35.4 Å². The minimum atomic E-state index is -3.72. The zero-order valence-corrected chi connectivity index (χ0v) is 21.5. The number of hydrogen-bond acceptors (Lipinski definition) is 5. The molecule has 3 heterocycles. The minimum absolute atomic E-state index is 0.0729. The smallest absolute Gasteiger partial charge is 0.282 e. The highest BCUT2D eigenvalue weighted by Crippen LogP contribution is 2.50. The Morgan fingerprint density at radius 3 is 2.49 bits per heavy atom. The molecule has 9 nitrogen and oxygen atoms in total. The van der Waals surface area contributed by atoms with Crippen molar-refractivity contribution in [3.8, 4) is 6.07 Å². The van der Waals surface area contributed by atoms with Gasteiger partial charge >= 0.3 is 0 Å². The first-order valence-corrected chi connectivity index (χ1v) is 14.1. The molecule has 0 unspecified atom stereocenters. The molecular weight excluding hydrogens is 504 g/mol. The summed E-state index contributed by atoms with van der Waals surface area (Å²) in [5.74, 6) is -3.84. The monoisotopic (exact) mass is 535 g/mol. The molecule has 0 aromatic heterocycles. The fraction of sp³-hybridized carbons (Fsp3) is 0.640. The lowest BCUT2D eigenvalue weighted by atomic mass is 9.97. The molecule has 0 radical (unpaired) electrons. The lowest BCUT2D eigenvalue weighted by Gasteiger charge is -2.41. The first-order valence-electron chi connectivity index (χ1n) is 12.7. The van der Waals surface area contributed by atoms with E-state index in [4.69, 9.17) is 5.26 Å². The Bertz CT molecular complexity index is 1210. The first kappa shape index (κ1) is 26.0. The molecule has 1 aromatic carbocycles. The van der Waals surface area contributed by atoms with Gasteiger partial charge in [-0.25, -0.2) is 8.78 Å². The predicted octanol–water partition coefficient (Wildman–Crippen LogP) is 1.67. The average Bonchev–Trinajstić information content (AvgIpc) is 3.50. The van der Waals surface area contributed by atoms with Crippen molar-refractivity contribution in [2.75, 3.05) is 32.7 Å². The molecule has 200 valence electrons. The topological polar surface area (TPSA) is 114 Å². The number of amides is 2. The van der Waals surface area contributed by atoms with Crippen LogP contribution in [0.5, 0.6) is 0 Å². The van der Waals surface area contributed by atoms with E-state index in [0.717, 1.165) is 13.3 Å². The number of likely N-dealkylation sites (tertiary alicyclic amines) is 1. The van der Waals surface area contributed by atoms with Crippen molar-refractivity contribution < 1.29 is 26.8 Å². The molecule has 0 spiro atoms. The molecule has 3 aliphatic heterocycles. The highest BCUT2D eigenvalue weighted by atomic mass is 32.2. The van der Waals surface area contributed by atoms with Gasteiger partial charge in [-0.05, 0) is 36.7 Å². The number of halogens is 2. The summed E-state index contributed by atoms with van der Waals surface area (Å²) in [6, 6.07) is 7.26. The van der Waals surface area contributed by atoms with E-state index in [9.17, 15) is 26.8 Å². The summed E-state index contributed by atoms with van der Waals surface area (Å²) in [4.78, 5) is 28.3. The Morgan fingerprint density at radius 2 is 1.84 bits per heavy atom. The summed E-state index contributed by atoms with van der Waals surface area (Å²) in [6.07, 6.45) is 1.98. The third-order valence-electron chi connectivity index (χ3n) is 8.05. The van der Waals surface area contributed by atoms with Gasteiger partial charge in [0.2, 0.25) is 11.8 Å². The highest BCUT2D eigenvalue weighted by molar-refractivity contribution is 7.86. The van der Waals surface area contributed by atoms with Crippen molar-refractivity contribution in [1.29, 1.82) is 5.26 Å². The summed E-state index contributed by atoms with van der Waals surface area (Å²) in [7, 11) is -3.72. The number of nitriles is 1. The molecule has 0 bridgehead atoms. The van der Waals surface area contributed by atoms with Crippen LogP contribution in [0.25, 0.3) is 0 Å². The van der Waals surface area contributed by atoms with Crippen LogP contribution in [0.15, 0.2) is 24.3 Å². The number of nitrogens with one attached hydrogen (secondary N) is 1. The quantitative estimate of drug-likeness (QED) is 0.571. The van der Waals surface area contributed by atoms with Crippen LogP contribution < -0.4 is 5.32 Å². The van der Waals surface area contributed by atoms with E-state index in [1.807, 2.05) is 0 Å². The van der Waals surface area contributed by atoms with Crippen LogP contribution >= 0.6 is 0 Å². The summed E-state index contributed by atoms with van der Waals surface area (Å²) < 4.78 is 55.4. The van der Waals surface area contributed by atoms with Crippen LogP contribution in [0.4, 0.5) is 8.78 Å². The second-order valence-corrected chi connectivity index (χ2v) is 12.7. The molecule has 1 aliphatic carbocycles. The van der Waals surface area contributed by atoms with Gasteiger partial charge in [-0.1, -0.05) is 24.3 Å². The van der Waals surface area contributed by atoms with Gasteiger partial charge in [-0.15, -0.1) is 0 Å². The number of carbonyl (C=O) groups is 2. The molecule has 4 atom stereocenters. The predicted molar refractivity (Wildman–Crippen MR) is 129 cm³/mol. The number of benzene rings is 1. The number of rotatable bonds is 7. The van der Waals surface area contributed by atoms with Crippen LogP contribution in [0.2, 0.25) is 0 Å². The zero-order chi connectivity index (χ0) is 26.5. The number of fused-ring (bicyclic) bond motifs is 1. The SMILES string of the molecule is CC(F)(F)c1ccc(CNC(=O)[C@H]2[C@@H]3C[C@@H]3CN2C(=O)[C@H]2CCCN(S(=O)(=O)N3CC(C#N)C3)C2)cc1. The Balaban J connectivity index is 1.20. The van der Waals surface area contributed by atoms with Crippen molar-refractivity contribution in [2.45, 2.75) is 44.7 Å². The van der Waals surface area contributed by atoms with Crippen LogP contribution in [0.3, 0.4) is 0 Å². The lowest BCUT2D eigenvalue weighted by Crippen LogP contribution is -2.58. The zero-order valence-electron chi connectivity index (χ0n) is 20.6. The van der Waals surface area contributed by atoms with Crippen LogP contribution in [0.1, 0.15) is 37.3 Å². The van der Waals surface area contributed by atoms with Crippen LogP contribution in [-0.2, 0) is 32.3 Å². The average molecular weight is 536 g/mol. The van der Waals surface area contributed by atoms with Gasteiger partial charge in [0.25, 0.3) is 16.1 Å². The maximum Gasteiger partial charge on any atom is 0.282 e. The molecule has 4 aliphatic rings. The van der Waals surface area contributed by atoms with E-state index < -0.39 is 28.1 Å². The van der Waals surface area contributed by atoms with E-state index >= 15 is 0 Å². The molecule has 4 fully saturated rings. The number of nitrogens with zero attached hydrogens (tertiary/aromatic N) is 4. The third-order valence-corrected chi connectivity index (χ3v) is 9.98. The molecule has 1 aromatic rings. The maximum atomic E-state index is 13.5. The van der Waals surface area contributed by atoms with Gasteiger partial charge in [0.1, 0.15) is 6.04 Å². The molecule has 3 saturated heterocycles. The van der Waals surface area contributed by atoms with Crippen molar-refractivity contribution in [2.24, 2.45) is 23.7 Å². The van der Waals surface area contributed by atoms with E-state index in [-0.39, 0.29) is 61.3 Å². The van der Waals surface area contributed by atoms with Gasteiger partial charge < -0.3 is 10.2 Å². The molecule has 1 saturated carbocycles. The molecule has 37 heavy (non-hydrogen) atoms. The number of carbonyl (C=O) groups excluding carboxylic acids is 2. The summed E-state index contributed by atoms with van der Waals surface area (Å²) in [5.41, 5.74) is 0.584. The number of hydrogen-bond donors (Lipinski definition) is 1. The first-order chi connectivity index (χ1) is 17.5. The molecule has 5 rings (SSSR count). The van der Waals surface area contributed by atoms with Gasteiger partial charge in [0, 0.05) is 51.8 Å². The fourth-order valence-electron chi connectivity index (χ4n) is 5.70. The molecule has 1 N–H and O–H groups in total. The van der Waals surface area contributed by atoms with Gasteiger partial charge in [0.15, 0.2) is 0 Å². The van der Waals surface area contributed by atoms with Crippen LogP contribution in [0, 0.1) is 35.0 Å². The Hall–Kier alpha value is -2.62. The summed E-state index contributed by atoms with van der Waals surface area (Å²) in [6.45, 7) is 2.24. The Kier molecular flexibility index (Phi) is 6.75. The molecule has 2 amide bonds. The Labute approximate surface area is 215 Å². The molecule has 12 heteroatoms. The van der Waals surface area contributed by atoms with E-state index in [1.54, 1.807) is 17.0 Å². The summed E-state index contributed by atoms with van der Waals surface area (Å²) in [5, 5.41) is 11.8. The largest absolute Gasteiger partial charge is 0.350 e. The molecular formula is C25H31F2N5O4S. The Morgan fingerprint density at radius 1 is 1.14 bits per heavy atom. The fourth-order valence-corrected chi connectivity index (χ4v) is 7.49. The third kappa shape index (κ3) is 5.09. The standard InChI is InChI=1S/C25H31F2N5O4S/c1-25(26,27)20-6-4-16(5-7-20)11-29-23(33)22-21-9-19(21)15-32(22)24(34)18-3-2-8-30(14-18)37(35,36)31-12-17(10-28)13-31/h4-7,17-19,21-22H,2-3,8-9,11-15H2,1H3,(H,29,33)/t18-,19+,21+,22+/m0/s1. The second kappa shape index (κ2) is 9.60. The van der Waals surface area contributed by atoms with Crippen molar-refractivity contribution in [3.63, 3.8) is 0 Å². The van der Waals surface area contributed by atoms with Crippen molar-refractivity contribution >= 4 is 22.0 Å². The van der Waals surface area contributed by atoms with Gasteiger partial charge in [-0.2, -0.15) is 22.3 Å². The minimum Gasteiger partial charge on any atom is -0.350 e. The summed E-state index contributed by atoms with van der Waals surface area (Å²) >= 11 is 0. The highest BCUT2D eigenvalue weighted by Gasteiger charge is 2.57. The lowest BCUT2D eigenvalue weighted by molar-refractivity contribution is -0.143. The van der Waals surface area contributed by atoms with E-state index in [1.165, 1.54) is 20.7 Å². The second-order valence-electron chi connectivity index (χ2n) is 10.7. The van der Waals surface area contributed by atoms with E-state index in [0.29, 0.717) is 31.5 Å². The van der Waals surface area contributed by atoms with Gasteiger partial charge in [-0.3, -0.25) is 9.59 Å². The maximum absolute atomic E-state index is 13.5. The van der Waals surface area contributed by atoms with Crippen molar-refractivity contribution in [1.82, 2.24) is 18.8 Å². The number of piperidine rings is 2. The van der Waals surface area contributed by atoms with Gasteiger partial charge in [0.05, 0.1) is 17.9 Å². The van der Waals surface area contributed by atoms with Crippen LogP contribution in [-0.4, -0.2) is 72.5 Å².